The van der Waals surface area contributed by atoms with Crippen molar-refractivity contribution in [2.75, 3.05) is 7.05 Å². The van der Waals surface area contributed by atoms with Gasteiger partial charge in [0.1, 0.15) is 0 Å². The molecule has 0 aromatic heterocycles. The Morgan fingerprint density at radius 3 is 2.41 bits per heavy atom. The van der Waals surface area contributed by atoms with Crippen molar-refractivity contribution in [3.05, 3.63) is 0 Å². The van der Waals surface area contributed by atoms with Crippen LogP contribution >= 0.6 is 0 Å². The predicted molar refractivity (Wildman–Crippen MR) is 73.7 cm³/mol. The average Bonchev–Trinajstić information content (AvgIpc) is 2.76. The summed E-state index contributed by atoms with van der Waals surface area (Å²) in [4.78, 5) is 6.89. The Morgan fingerprint density at radius 1 is 1.35 bits per heavy atom. The zero-order valence-corrected chi connectivity index (χ0v) is 11.7. The summed E-state index contributed by atoms with van der Waals surface area (Å²) in [6.07, 6.45) is 6.17. The van der Waals surface area contributed by atoms with Crippen LogP contribution in [0.5, 0.6) is 0 Å². The summed E-state index contributed by atoms with van der Waals surface area (Å²) >= 11 is 0. The molecule has 1 atom stereocenters. The molecule has 0 aromatic carbocycles. The highest BCUT2D eigenvalue weighted by molar-refractivity contribution is 5.79. The molecule has 1 aliphatic carbocycles. The maximum absolute atomic E-state index is 5.60. The molecule has 3 N–H and O–H groups in total. The Balaban J connectivity index is 2.58. The first kappa shape index (κ1) is 14.3. The number of nitrogens with two attached hydrogens (primary N) is 1. The molecule has 1 aliphatic rings. The van der Waals surface area contributed by atoms with E-state index in [1.807, 2.05) is 0 Å². The van der Waals surface area contributed by atoms with E-state index in [-0.39, 0.29) is 0 Å². The summed E-state index contributed by atoms with van der Waals surface area (Å²) in [6.45, 7) is 6.71. The number of hydrogen-bond acceptors (Lipinski definition) is 2. The van der Waals surface area contributed by atoms with Crippen molar-refractivity contribution in [3.8, 4) is 0 Å². The maximum atomic E-state index is 5.60. The van der Waals surface area contributed by atoms with Crippen LogP contribution in [0.3, 0.4) is 0 Å². The molecule has 0 radical (unpaired) electrons. The molecule has 17 heavy (non-hydrogen) atoms. The monoisotopic (exact) mass is 240 g/mol. The SMILES string of the molecule is CC(C)CC(C)N(C)C(=NC1CCCC1)NN. The summed E-state index contributed by atoms with van der Waals surface area (Å²) < 4.78 is 0. The molecule has 4 heteroatoms. The van der Waals surface area contributed by atoms with Gasteiger partial charge in [-0.2, -0.15) is 0 Å². The quantitative estimate of drug-likeness (QED) is 0.342. The molecular weight excluding hydrogens is 212 g/mol. The number of nitrogens with one attached hydrogen (secondary N) is 1. The van der Waals surface area contributed by atoms with Crippen molar-refractivity contribution in [1.82, 2.24) is 10.3 Å². The van der Waals surface area contributed by atoms with Crippen molar-refractivity contribution in [2.45, 2.75) is 65.0 Å². The molecule has 0 aromatic rings. The minimum absolute atomic E-state index is 0.464. The molecule has 1 rings (SSSR count). The third kappa shape index (κ3) is 4.54. The van der Waals surface area contributed by atoms with Gasteiger partial charge in [-0.05, 0) is 32.1 Å². The van der Waals surface area contributed by atoms with E-state index in [1.54, 1.807) is 0 Å². The largest absolute Gasteiger partial charge is 0.342 e. The molecule has 0 aliphatic heterocycles. The van der Waals surface area contributed by atoms with Crippen LogP contribution in [0.25, 0.3) is 0 Å². The van der Waals surface area contributed by atoms with Gasteiger partial charge in [-0.1, -0.05) is 26.7 Å². The van der Waals surface area contributed by atoms with Crippen molar-refractivity contribution >= 4 is 5.96 Å². The van der Waals surface area contributed by atoms with Crippen LogP contribution in [0.15, 0.2) is 4.99 Å². The summed E-state index contributed by atoms with van der Waals surface area (Å²) in [5.41, 5.74) is 2.76. The molecule has 1 fully saturated rings. The lowest BCUT2D eigenvalue weighted by Gasteiger charge is -2.29. The fourth-order valence-corrected chi connectivity index (χ4v) is 2.49. The van der Waals surface area contributed by atoms with E-state index in [4.69, 9.17) is 10.8 Å². The summed E-state index contributed by atoms with van der Waals surface area (Å²) in [5.74, 6) is 7.13. The van der Waals surface area contributed by atoms with Crippen LogP contribution in [0.4, 0.5) is 0 Å². The Morgan fingerprint density at radius 2 is 1.94 bits per heavy atom. The van der Waals surface area contributed by atoms with E-state index >= 15 is 0 Å². The van der Waals surface area contributed by atoms with Crippen LogP contribution in [-0.4, -0.2) is 30.0 Å². The van der Waals surface area contributed by atoms with E-state index in [1.165, 1.54) is 25.7 Å². The van der Waals surface area contributed by atoms with E-state index in [2.05, 4.69) is 38.1 Å². The molecule has 4 nitrogen and oxygen atoms in total. The van der Waals surface area contributed by atoms with Gasteiger partial charge in [0.2, 0.25) is 5.96 Å². The third-order valence-electron chi connectivity index (χ3n) is 3.57. The van der Waals surface area contributed by atoms with Gasteiger partial charge in [0.25, 0.3) is 0 Å². The lowest BCUT2D eigenvalue weighted by atomic mass is 10.0. The fourth-order valence-electron chi connectivity index (χ4n) is 2.49. The fraction of sp³-hybridized carbons (Fsp3) is 0.923. The minimum atomic E-state index is 0.464. The number of nitrogens with zero attached hydrogens (tertiary/aromatic N) is 2. The van der Waals surface area contributed by atoms with Crippen molar-refractivity contribution in [2.24, 2.45) is 16.8 Å². The molecule has 0 bridgehead atoms. The van der Waals surface area contributed by atoms with Gasteiger partial charge in [0.05, 0.1) is 6.04 Å². The lowest BCUT2D eigenvalue weighted by Crippen LogP contribution is -2.47. The van der Waals surface area contributed by atoms with Crippen LogP contribution < -0.4 is 11.3 Å². The van der Waals surface area contributed by atoms with Gasteiger partial charge in [-0.25, -0.2) is 10.8 Å². The van der Waals surface area contributed by atoms with Crippen molar-refractivity contribution < 1.29 is 0 Å². The number of rotatable bonds is 4. The smallest absolute Gasteiger partial charge is 0.208 e. The van der Waals surface area contributed by atoms with Crippen molar-refractivity contribution in [1.29, 1.82) is 0 Å². The normalized spacial score (nSPS) is 19.8. The zero-order valence-electron chi connectivity index (χ0n) is 11.7. The Bertz CT molecular complexity index is 244. The summed E-state index contributed by atoms with van der Waals surface area (Å²) in [7, 11) is 2.07. The highest BCUT2D eigenvalue weighted by atomic mass is 15.4. The number of aliphatic imine (C=N–C) groups is 1. The van der Waals surface area contributed by atoms with E-state index < -0.39 is 0 Å². The van der Waals surface area contributed by atoms with E-state index in [9.17, 15) is 0 Å². The highest BCUT2D eigenvalue weighted by Crippen LogP contribution is 2.21. The zero-order chi connectivity index (χ0) is 12.8. The minimum Gasteiger partial charge on any atom is -0.342 e. The second-order valence-electron chi connectivity index (χ2n) is 5.62. The first-order valence-electron chi connectivity index (χ1n) is 6.81. The average molecular weight is 240 g/mol. The van der Waals surface area contributed by atoms with Crippen molar-refractivity contribution in [3.63, 3.8) is 0 Å². The first-order valence-corrected chi connectivity index (χ1v) is 6.81. The second-order valence-corrected chi connectivity index (χ2v) is 5.62. The molecular formula is C13H28N4. The Kier molecular flexibility index (Phi) is 5.75. The van der Waals surface area contributed by atoms with Crippen LogP contribution in [0, 0.1) is 5.92 Å². The lowest BCUT2D eigenvalue weighted by molar-refractivity contribution is 0.322. The van der Waals surface area contributed by atoms with Gasteiger partial charge in [0.15, 0.2) is 0 Å². The number of hydrazine groups is 1. The van der Waals surface area contributed by atoms with Crippen LogP contribution in [0.2, 0.25) is 0 Å². The van der Waals surface area contributed by atoms with Gasteiger partial charge in [0, 0.05) is 13.1 Å². The third-order valence-corrected chi connectivity index (χ3v) is 3.57. The second kappa shape index (κ2) is 6.84. The van der Waals surface area contributed by atoms with Crippen LogP contribution in [0.1, 0.15) is 52.9 Å². The topological polar surface area (TPSA) is 53.6 Å². The maximum Gasteiger partial charge on any atom is 0.208 e. The van der Waals surface area contributed by atoms with Gasteiger partial charge < -0.3 is 4.90 Å². The predicted octanol–water partition coefficient (Wildman–Crippen LogP) is 2.11. The molecule has 1 unspecified atom stereocenters. The van der Waals surface area contributed by atoms with E-state index in [0.717, 1.165) is 12.4 Å². The van der Waals surface area contributed by atoms with Crippen LogP contribution in [-0.2, 0) is 0 Å². The molecule has 100 valence electrons. The Labute approximate surface area is 106 Å². The molecule has 0 saturated heterocycles. The first-order chi connectivity index (χ1) is 8.04. The number of guanidine groups is 1. The summed E-state index contributed by atoms with van der Waals surface area (Å²) in [5, 5.41) is 0. The molecule has 0 spiro atoms. The van der Waals surface area contributed by atoms with Gasteiger partial charge in [-0.3, -0.25) is 5.43 Å². The molecule has 0 amide bonds. The standard InChI is InChI=1S/C13H28N4/c1-10(2)9-11(3)17(4)13(16-14)15-12-7-5-6-8-12/h10-12H,5-9,14H2,1-4H3,(H,15,16). The van der Waals surface area contributed by atoms with E-state index in [0.29, 0.717) is 18.0 Å². The highest BCUT2D eigenvalue weighted by Gasteiger charge is 2.18. The van der Waals surface area contributed by atoms with Gasteiger partial charge >= 0.3 is 0 Å². The molecule has 1 saturated carbocycles. The summed E-state index contributed by atoms with van der Waals surface area (Å²) in [6, 6.07) is 0.931. The molecule has 0 heterocycles. The van der Waals surface area contributed by atoms with Gasteiger partial charge in [-0.15, -0.1) is 0 Å². The number of hydrogen-bond donors (Lipinski definition) is 2. The Hall–Kier alpha value is -0.770.